The molecule has 32 heavy (non-hydrogen) atoms. The summed E-state index contributed by atoms with van der Waals surface area (Å²) in [4.78, 5) is 8.54. The minimum Gasteiger partial charge on any atom is -0.496 e. The predicted molar refractivity (Wildman–Crippen MR) is 120 cm³/mol. The smallest absolute Gasteiger partial charge is 0.211 e. The Labute approximate surface area is 190 Å². The number of aromatic nitrogens is 2. The van der Waals surface area contributed by atoms with Gasteiger partial charge >= 0.3 is 0 Å². The summed E-state index contributed by atoms with van der Waals surface area (Å²) >= 11 is 5.88. The molecule has 2 aromatic carbocycles. The molecule has 4 rings (SSSR count). The molecule has 0 saturated carbocycles. The molecule has 2 heterocycles. The lowest BCUT2D eigenvalue weighted by molar-refractivity contribution is 0.0498. The van der Waals surface area contributed by atoms with E-state index in [2.05, 4.69) is 15.3 Å². The summed E-state index contributed by atoms with van der Waals surface area (Å²) in [6.45, 7) is 0.964. The molecule has 0 bridgehead atoms. The van der Waals surface area contributed by atoms with Crippen LogP contribution in [0.5, 0.6) is 5.75 Å². The van der Waals surface area contributed by atoms with E-state index in [4.69, 9.17) is 21.1 Å². The molecule has 1 N–H and O–H groups in total. The fourth-order valence-electron chi connectivity index (χ4n) is 3.60. The highest BCUT2D eigenvalue weighted by molar-refractivity contribution is 7.88. The van der Waals surface area contributed by atoms with Crippen molar-refractivity contribution in [3.63, 3.8) is 0 Å². The van der Waals surface area contributed by atoms with Gasteiger partial charge < -0.3 is 14.8 Å². The Bertz CT molecular complexity index is 1260. The molecule has 170 valence electrons. The van der Waals surface area contributed by atoms with E-state index in [1.165, 1.54) is 23.0 Å². The molecule has 3 aromatic rings. The monoisotopic (exact) mass is 480 g/mol. The minimum absolute atomic E-state index is 0.00354. The van der Waals surface area contributed by atoms with Gasteiger partial charge in [0, 0.05) is 30.1 Å². The zero-order chi connectivity index (χ0) is 22.9. The molecule has 1 saturated heterocycles. The molecule has 0 radical (unpaired) electrons. The van der Waals surface area contributed by atoms with E-state index in [1.807, 2.05) is 6.07 Å². The summed E-state index contributed by atoms with van der Waals surface area (Å²) in [7, 11) is -1.69. The van der Waals surface area contributed by atoms with Crippen molar-refractivity contribution in [2.24, 2.45) is 0 Å². The first kappa shape index (κ1) is 22.7. The lowest BCUT2D eigenvalue weighted by Gasteiger charge is -2.16. The van der Waals surface area contributed by atoms with E-state index in [1.54, 1.807) is 25.3 Å². The molecule has 1 fully saturated rings. The van der Waals surface area contributed by atoms with Gasteiger partial charge in [-0.15, -0.1) is 0 Å². The van der Waals surface area contributed by atoms with Crippen LogP contribution in [0.25, 0.3) is 10.9 Å². The number of methoxy groups -OCH3 is 1. The number of nitrogens with one attached hydrogen (secondary N) is 1. The standard InChI is InChI=1S/C21H22ClFN4O4S/c1-30-19-9-18-15(8-13(19)11-31-14-6-7-27(10-14)32(2,28)29)21(25-12-24-18)26-17-5-3-4-16(22)20(17)23/h3-5,8-9,12,14H,6-7,10-11H2,1-2H3,(H,24,25,26). The lowest BCUT2D eigenvalue weighted by atomic mass is 10.1. The third kappa shape index (κ3) is 4.78. The van der Waals surface area contributed by atoms with Crippen molar-refractivity contribution in [3.8, 4) is 5.75 Å². The summed E-state index contributed by atoms with van der Waals surface area (Å²) in [5.74, 6) is 0.410. The summed E-state index contributed by atoms with van der Waals surface area (Å²) in [6.07, 6.45) is 2.97. The predicted octanol–water partition coefficient (Wildman–Crippen LogP) is 3.73. The van der Waals surface area contributed by atoms with Crippen molar-refractivity contribution >= 4 is 44.0 Å². The van der Waals surface area contributed by atoms with Crippen molar-refractivity contribution in [1.82, 2.24) is 14.3 Å². The van der Waals surface area contributed by atoms with Crippen molar-refractivity contribution in [2.75, 3.05) is 31.8 Å². The van der Waals surface area contributed by atoms with Gasteiger partial charge in [0.05, 0.1) is 42.3 Å². The van der Waals surface area contributed by atoms with Crippen LogP contribution >= 0.6 is 11.6 Å². The molecule has 11 heteroatoms. The van der Waals surface area contributed by atoms with Gasteiger partial charge in [0.15, 0.2) is 5.82 Å². The largest absolute Gasteiger partial charge is 0.496 e. The van der Waals surface area contributed by atoms with Gasteiger partial charge in [-0.3, -0.25) is 0 Å². The van der Waals surface area contributed by atoms with Crippen LogP contribution < -0.4 is 10.1 Å². The van der Waals surface area contributed by atoms with Gasteiger partial charge in [0.1, 0.15) is 17.9 Å². The number of nitrogens with zero attached hydrogens (tertiary/aromatic N) is 3. The van der Waals surface area contributed by atoms with E-state index in [0.29, 0.717) is 42.0 Å². The quantitative estimate of drug-likeness (QED) is 0.550. The Balaban J connectivity index is 1.60. The third-order valence-electron chi connectivity index (χ3n) is 5.29. The first-order valence-corrected chi connectivity index (χ1v) is 12.1. The van der Waals surface area contributed by atoms with E-state index in [9.17, 15) is 12.8 Å². The Morgan fingerprint density at radius 3 is 2.84 bits per heavy atom. The molecular formula is C21H22ClFN4O4S. The SMILES string of the molecule is COc1cc2ncnc(Nc3cccc(Cl)c3F)c2cc1COC1CCN(S(C)(=O)=O)C1. The van der Waals surface area contributed by atoms with Crippen molar-refractivity contribution in [2.45, 2.75) is 19.1 Å². The number of benzene rings is 2. The molecule has 0 aliphatic carbocycles. The second-order valence-corrected chi connectivity index (χ2v) is 9.86. The molecule has 0 spiro atoms. The van der Waals surface area contributed by atoms with Crippen LogP contribution in [-0.4, -0.2) is 55.3 Å². The maximum atomic E-state index is 14.4. The summed E-state index contributed by atoms with van der Waals surface area (Å²) < 4.78 is 50.7. The van der Waals surface area contributed by atoms with Crippen LogP contribution in [0.1, 0.15) is 12.0 Å². The molecular weight excluding hydrogens is 459 g/mol. The number of anilines is 2. The highest BCUT2D eigenvalue weighted by atomic mass is 35.5. The van der Waals surface area contributed by atoms with Crippen LogP contribution in [0.2, 0.25) is 5.02 Å². The van der Waals surface area contributed by atoms with E-state index in [0.717, 1.165) is 5.56 Å². The van der Waals surface area contributed by atoms with Crippen LogP contribution in [0.4, 0.5) is 15.9 Å². The molecule has 8 nitrogen and oxygen atoms in total. The second-order valence-electron chi connectivity index (χ2n) is 7.47. The fourth-order valence-corrected chi connectivity index (χ4v) is 4.65. The molecule has 1 atom stereocenters. The first-order chi connectivity index (χ1) is 15.3. The normalized spacial score (nSPS) is 17.1. The summed E-state index contributed by atoms with van der Waals surface area (Å²) in [6, 6.07) is 8.25. The van der Waals surface area contributed by atoms with Gasteiger partial charge in [0.25, 0.3) is 0 Å². The van der Waals surface area contributed by atoms with Crippen LogP contribution in [-0.2, 0) is 21.4 Å². The maximum Gasteiger partial charge on any atom is 0.211 e. The van der Waals surface area contributed by atoms with Gasteiger partial charge in [-0.1, -0.05) is 17.7 Å². The van der Waals surface area contributed by atoms with Crippen molar-refractivity contribution in [3.05, 3.63) is 53.1 Å². The Morgan fingerprint density at radius 1 is 1.31 bits per heavy atom. The molecule has 1 aromatic heterocycles. The summed E-state index contributed by atoms with van der Waals surface area (Å²) in [5.41, 5.74) is 1.54. The molecule has 1 aliphatic heterocycles. The Kier molecular flexibility index (Phi) is 6.47. The topological polar surface area (TPSA) is 93.7 Å². The molecule has 1 aliphatic rings. The average molecular weight is 481 g/mol. The Hall–Kier alpha value is -2.53. The van der Waals surface area contributed by atoms with Gasteiger partial charge in [0.2, 0.25) is 10.0 Å². The number of hydrogen-bond acceptors (Lipinski definition) is 7. The van der Waals surface area contributed by atoms with E-state index in [-0.39, 0.29) is 23.4 Å². The molecule has 0 amide bonds. The van der Waals surface area contributed by atoms with E-state index < -0.39 is 15.8 Å². The number of halogens is 2. The van der Waals surface area contributed by atoms with Crippen LogP contribution in [0, 0.1) is 5.82 Å². The number of rotatable bonds is 7. The van der Waals surface area contributed by atoms with Gasteiger partial charge in [-0.05, 0) is 24.6 Å². The van der Waals surface area contributed by atoms with Crippen molar-refractivity contribution in [1.29, 1.82) is 0 Å². The summed E-state index contributed by atoms with van der Waals surface area (Å²) in [5, 5.41) is 3.63. The van der Waals surface area contributed by atoms with Gasteiger partial charge in [-0.25, -0.2) is 22.8 Å². The highest BCUT2D eigenvalue weighted by Gasteiger charge is 2.29. The second kappa shape index (κ2) is 9.14. The number of sulfonamides is 1. The van der Waals surface area contributed by atoms with E-state index >= 15 is 0 Å². The third-order valence-corrected chi connectivity index (χ3v) is 6.86. The molecule has 1 unspecified atom stereocenters. The fraction of sp³-hybridized carbons (Fsp3) is 0.333. The number of fused-ring (bicyclic) bond motifs is 1. The lowest BCUT2D eigenvalue weighted by Crippen LogP contribution is -2.29. The van der Waals surface area contributed by atoms with Crippen LogP contribution in [0.15, 0.2) is 36.7 Å². The average Bonchev–Trinajstić information content (AvgIpc) is 3.25. The Morgan fingerprint density at radius 2 is 2.12 bits per heavy atom. The van der Waals surface area contributed by atoms with Crippen molar-refractivity contribution < 1.29 is 22.3 Å². The highest BCUT2D eigenvalue weighted by Crippen LogP contribution is 2.32. The van der Waals surface area contributed by atoms with Crippen LogP contribution in [0.3, 0.4) is 0 Å². The zero-order valence-corrected chi connectivity index (χ0v) is 19.1. The first-order valence-electron chi connectivity index (χ1n) is 9.85. The zero-order valence-electron chi connectivity index (χ0n) is 17.5. The maximum absolute atomic E-state index is 14.4. The minimum atomic E-state index is -3.24. The van der Waals surface area contributed by atoms with Gasteiger partial charge in [-0.2, -0.15) is 4.31 Å². The number of ether oxygens (including phenoxy) is 2. The number of hydrogen-bond donors (Lipinski definition) is 1.